The van der Waals surface area contributed by atoms with Gasteiger partial charge < -0.3 is 4.90 Å². The van der Waals surface area contributed by atoms with E-state index in [1.54, 1.807) is 11.9 Å². The molecule has 0 saturated heterocycles. The number of carbonyl (C=O) groups is 1. The first-order valence-electron chi connectivity index (χ1n) is 10.8. The van der Waals surface area contributed by atoms with E-state index in [9.17, 15) is 9.59 Å². The van der Waals surface area contributed by atoms with Gasteiger partial charge in [-0.25, -0.2) is 4.98 Å². The minimum Gasteiger partial charge on any atom is -0.311 e. The van der Waals surface area contributed by atoms with Gasteiger partial charge in [0.15, 0.2) is 5.16 Å². The Morgan fingerprint density at radius 1 is 1.18 bits per heavy atom. The molecule has 0 atom stereocenters. The van der Waals surface area contributed by atoms with Crippen LogP contribution in [-0.2, 0) is 11.8 Å². The molecular weight excluding hydrogens is 464 g/mol. The van der Waals surface area contributed by atoms with Crippen LogP contribution in [0, 0.1) is 25.2 Å². The topological polar surface area (TPSA) is 79.0 Å². The average molecular weight is 489 g/mol. The highest BCUT2D eigenvalue weighted by molar-refractivity contribution is 7.99. The Hall–Kier alpha value is -3.41. The van der Waals surface area contributed by atoms with E-state index >= 15 is 0 Å². The minimum absolute atomic E-state index is 0.113. The number of fused-ring (bicyclic) bond motifs is 1. The third-order valence-electron chi connectivity index (χ3n) is 5.73. The van der Waals surface area contributed by atoms with Crippen molar-refractivity contribution in [1.29, 1.82) is 5.26 Å². The molecular formula is C26H24N4O2S2. The van der Waals surface area contributed by atoms with Gasteiger partial charge in [0.25, 0.3) is 5.56 Å². The molecule has 4 rings (SSSR count). The third-order valence-corrected chi connectivity index (χ3v) is 7.62. The Morgan fingerprint density at radius 2 is 1.94 bits per heavy atom. The summed E-state index contributed by atoms with van der Waals surface area (Å²) in [6.45, 7) is 4.44. The second-order valence-electron chi connectivity index (χ2n) is 7.96. The number of aromatic nitrogens is 2. The van der Waals surface area contributed by atoms with Gasteiger partial charge in [0.1, 0.15) is 4.83 Å². The first kappa shape index (κ1) is 23.7. The molecule has 1 amide bonds. The monoisotopic (exact) mass is 488 g/mol. The predicted octanol–water partition coefficient (Wildman–Crippen LogP) is 5.32. The normalized spacial score (nSPS) is 10.9. The number of thioether (sulfide) groups is 1. The van der Waals surface area contributed by atoms with Gasteiger partial charge in [-0.05, 0) is 42.7 Å². The number of benzene rings is 2. The van der Waals surface area contributed by atoms with Crippen molar-refractivity contribution in [3.8, 4) is 17.2 Å². The van der Waals surface area contributed by atoms with Gasteiger partial charge in [-0.15, -0.1) is 11.3 Å². The van der Waals surface area contributed by atoms with E-state index < -0.39 is 0 Å². The van der Waals surface area contributed by atoms with Crippen LogP contribution >= 0.6 is 23.1 Å². The van der Waals surface area contributed by atoms with Crippen LogP contribution in [0.25, 0.3) is 21.3 Å². The van der Waals surface area contributed by atoms with Crippen LogP contribution in [0.2, 0.25) is 0 Å². The number of para-hydroxylation sites is 1. The van der Waals surface area contributed by atoms with Crippen molar-refractivity contribution in [2.75, 3.05) is 17.2 Å². The lowest BCUT2D eigenvalue weighted by Gasteiger charge is -2.21. The second-order valence-corrected chi connectivity index (χ2v) is 9.77. The molecule has 34 heavy (non-hydrogen) atoms. The molecule has 0 spiro atoms. The van der Waals surface area contributed by atoms with Crippen LogP contribution in [0.3, 0.4) is 0 Å². The summed E-state index contributed by atoms with van der Waals surface area (Å²) in [6.07, 6.45) is 0.241. The lowest BCUT2D eigenvalue weighted by molar-refractivity contribution is -0.116. The molecule has 172 valence electrons. The maximum atomic E-state index is 13.3. The first-order valence-corrected chi connectivity index (χ1v) is 12.7. The largest absolute Gasteiger partial charge is 0.311 e. The fourth-order valence-electron chi connectivity index (χ4n) is 3.68. The summed E-state index contributed by atoms with van der Waals surface area (Å²) < 4.78 is 1.51. The van der Waals surface area contributed by atoms with E-state index in [2.05, 4.69) is 32.0 Å². The molecule has 0 bridgehead atoms. The maximum absolute atomic E-state index is 13.3. The van der Waals surface area contributed by atoms with Crippen LogP contribution in [0.1, 0.15) is 17.5 Å². The zero-order chi connectivity index (χ0) is 24.2. The smallest absolute Gasteiger partial charge is 0.263 e. The molecule has 0 N–H and O–H groups in total. The van der Waals surface area contributed by atoms with E-state index in [1.165, 1.54) is 38.8 Å². The van der Waals surface area contributed by atoms with Crippen molar-refractivity contribution in [1.82, 2.24) is 9.55 Å². The molecule has 0 aliphatic rings. The van der Waals surface area contributed by atoms with E-state index in [-0.39, 0.29) is 23.6 Å². The van der Waals surface area contributed by atoms with Crippen LogP contribution in [0.15, 0.2) is 63.9 Å². The number of nitrogens with zero attached hydrogens (tertiary/aromatic N) is 4. The quantitative estimate of drug-likeness (QED) is 0.260. The average Bonchev–Trinajstić information content (AvgIpc) is 3.27. The number of aryl methyl sites for hydroxylation is 2. The van der Waals surface area contributed by atoms with Gasteiger partial charge in [0.2, 0.25) is 5.91 Å². The Morgan fingerprint density at radius 3 is 2.65 bits per heavy atom. The molecule has 0 unspecified atom stereocenters. The molecule has 4 aromatic rings. The predicted molar refractivity (Wildman–Crippen MR) is 140 cm³/mol. The molecule has 0 saturated carbocycles. The lowest BCUT2D eigenvalue weighted by Crippen LogP contribution is -2.33. The van der Waals surface area contributed by atoms with Crippen LogP contribution in [0.4, 0.5) is 5.69 Å². The Labute approximate surface area is 206 Å². The summed E-state index contributed by atoms with van der Waals surface area (Å²) in [5.74, 6) is -0.0237. The van der Waals surface area contributed by atoms with Crippen molar-refractivity contribution in [3.05, 3.63) is 75.4 Å². The summed E-state index contributed by atoms with van der Waals surface area (Å²) in [5, 5.41) is 12.1. The summed E-state index contributed by atoms with van der Waals surface area (Å²) in [4.78, 5) is 33.3. The van der Waals surface area contributed by atoms with E-state index in [1.807, 2.05) is 41.8 Å². The van der Waals surface area contributed by atoms with Gasteiger partial charge >= 0.3 is 0 Å². The molecule has 2 aromatic carbocycles. The van der Waals surface area contributed by atoms with Crippen molar-refractivity contribution in [2.24, 2.45) is 7.05 Å². The standard InChI is InChI=1S/C26H24N4O2S2/c1-17-10-11-19(14-18(17)2)21-15-33-24-23(21)25(32)29(3)26(28-24)34-16-22(31)30(13-7-12-27)20-8-5-4-6-9-20/h4-6,8-11,14-15H,7,13,16H2,1-3H3. The number of carbonyl (C=O) groups excluding carboxylic acids is 1. The molecule has 2 heterocycles. The fourth-order valence-corrected chi connectivity index (χ4v) is 5.51. The number of thiophene rings is 1. The molecule has 0 radical (unpaired) electrons. The van der Waals surface area contributed by atoms with Gasteiger partial charge in [-0.3, -0.25) is 14.2 Å². The minimum atomic E-state index is -0.136. The fraction of sp³-hybridized carbons (Fsp3) is 0.231. The van der Waals surface area contributed by atoms with Gasteiger partial charge in [-0.1, -0.05) is 48.2 Å². The zero-order valence-corrected chi connectivity index (χ0v) is 20.9. The van der Waals surface area contributed by atoms with Crippen LogP contribution in [-0.4, -0.2) is 27.8 Å². The molecule has 6 nitrogen and oxygen atoms in total. The summed E-state index contributed by atoms with van der Waals surface area (Å²) in [7, 11) is 1.69. The Kier molecular flexibility index (Phi) is 7.15. The van der Waals surface area contributed by atoms with Gasteiger partial charge in [-0.2, -0.15) is 5.26 Å². The van der Waals surface area contributed by atoms with Crippen molar-refractivity contribution < 1.29 is 4.79 Å². The number of anilines is 1. The Balaban J connectivity index is 1.61. The highest BCUT2D eigenvalue weighted by Gasteiger charge is 2.19. The Bertz CT molecular complexity index is 1450. The van der Waals surface area contributed by atoms with E-state index in [4.69, 9.17) is 10.2 Å². The van der Waals surface area contributed by atoms with Crippen LogP contribution < -0.4 is 10.5 Å². The summed E-state index contributed by atoms with van der Waals surface area (Å²) in [6, 6.07) is 17.6. The van der Waals surface area contributed by atoms with Crippen LogP contribution in [0.5, 0.6) is 0 Å². The first-order chi connectivity index (χ1) is 16.4. The van der Waals surface area contributed by atoms with Crippen molar-refractivity contribution in [2.45, 2.75) is 25.4 Å². The maximum Gasteiger partial charge on any atom is 0.263 e. The molecule has 0 fully saturated rings. The number of nitriles is 1. The van der Waals surface area contributed by atoms with Gasteiger partial charge in [0, 0.05) is 30.2 Å². The zero-order valence-electron chi connectivity index (χ0n) is 19.2. The van der Waals surface area contributed by atoms with E-state index in [0.29, 0.717) is 21.9 Å². The van der Waals surface area contributed by atoms with Crippen molar-refractivity contribution in [3.63, 3.8) is 0 Å². The highest BCUT2D eigenvalue weighted by atomic mass is 32.2. The van der Waals surface area contributed by atoms with Gasteiger partial charge in [0.05, 0.1) is 23.6 Å². The van der Waals surface area contributed by atoms with Crippen molar-refractivity contribution >= 4 is 44.9 Å². The second kappa shape index (κ2) is 10.2. The molecule has 0 aliphatic carbocycles. The number of hydrogen-bond donors (Lipinski definition) is 0. The third kappa shape index (κ3) is 4.76. The molecule has 0 aliphatic heterocycles. The highest BCUT2D eigenvalue weighted by Crippen LogP contribution is 2.33. The SMILES string of the molecule is Cc1ccc(-c2csc3nc(SCC(=O)N(CCC#N)c4ccccc4)n(C)c(=O)c23)cc1C. The number of amides is 1. The number of hydrogen-bond acceptors (Lipinski definition) is 6. The summed E-state index contributed by atoms with van der Waals surface area (Å²) in [5.41, 5.74) is 4.88. The van der Waals surface area contributed by atoms with E-state index in [0.717, 1.165) is 16.8 Å². The number of rotatable bonds is 7. The lowest BCUT2D eigenvalue weighted by atomic mass is 10.0. The summed E-state index contributed by atoms with van der Waals surface area (Å²) >= 11 is 2.67. The molecule has 8 heteroatoms. The molecule has 2 aromatic heterocycles.